The quantitative estimate of drug-likeness (QED) is 0.783. The predicted octanol–water partition coefficient (Wildman–Crippen LogP) is 2.67. The summed E-state index contributed by atoms with van der Waals surface area (Å²) >= 11 is 0. The Morgan fingerprint density at radius 1 is 0.667 bits per heavy atom. The number of phenols is 2. The second kappa shape index (κ2) is 3.92. The second-order valence-electron chi connectivity index (χ2n) is 3.09. The maximum Gasteiger partial charge on any atom is 0.141 e. The van der Waals surface area contributed by atoms with E-state index in [4.69, 9.17) is 0 Å². The Balaban J connectivity index is 2.30. The van der Waals surface area contributed by atoms with Crippen LogP contribution in [0.15, 0.2) is 48.5 Å². The van der Waals surface area contributed by atoms with Crippen molar-refractivity contribution in [3.8, 4) is 11.5 Å². The highest BCUT2D eigenvalue weighted by molar-refractivity contribution is 5.60. The molecule has 0 amide bonds. The number of para-hydroxylation sites is 4. The van der Waals surface area contributed by atoms with E-state index in [2.05, 4.69) is 5.32 Å². The highest BCUT2D eigenvalue weighted by atomic mass is 16.3. The molecule has 0 saturated heterocycles. The molecule has 2 aromatic carbocycles. The average molecular weight is 200 g/mol. The Kier molecular flexibility index (Phi) is 2.46. The molecule has 2 aromatic rings. The van der Waals surface area contributed by atoms with E-state index in [9.17, 15) is 10.2 Å². The molecule has 0 bridgehead atoms. The van der Waals surface area contributed by atoms with Crippen LogP contribution in [0.5, 0.6) is 11.5 Å². The molecule has 0 heterocycles. The molecule has 0 aromatic heterocycles. The molecule has 1 radical (unpaired) electrons. The zero-order chi connectivity index (χ0) is 10.7. The summed E-state index contributed by atoms with van der Waals surface area (Å²) in [6, 6.07) is 13.5. The highest BCUT2D eigenvalue weighted by Gasteiger charge is 2.05. The summed E-state index contributed by atoms with van der Waals surface area (Å²) in [6.45, 7) is 0. The van der Waals surface area contributed by atoms with Crippen LogP contribution in [0.1, 0.15) is 0 Å². The maximum atomic E-state index is 9.49. The third-order valence-corrected chi connectivity index (χ3v) is 2.00. The molecule has 3 heteroatoms. The van der Waals surface area contributed by atoms with Gasteiger partial charge < -0.3 is 10.2 Å². The standard InChI is InChI=1S/C12H10NO2/c14-11-7-3-1-5-9(11)13-10-6-2-4-8-12(10)15/h1-8,14-15H. The van der Waals surface area contributed by atoms with Gasteiger partial charge in [-0.2, -0.15) is 0 Å². The molecule has 0 fully saturated rings. The van der Waals surface area contributed by atoms with Crippen molar-refractivity contribution in [2.24, 2.45) is 0 Å². The van der Waals surface area contributed by atoms with Gasteiger partial charge in [0, 0.05) is 0 Å². The summed E-state index contributed by atoms with van der Waals surface area (Å²) in [4.78, 5) is 0. The minimum Gasteiger partial charge on any atom is -0.506 e. The van der Waals surface area contributed by atoms with Crippen molar-refractivity contribution in [2.45, 2.75) is 0 Å². The van der Waals surface area contributed by atoms with E-state index in [1.165, 1.54) is 0 Å². The molecule has 75 valence electrons. The minimum atomic E-state index is 0.0979. The first-order chi connectivity index (χ1) is 7.27. The van der Waals surface area contributed by atoms with Crippen molar-refractivity contribution in [3.63, 3.8) is 0 Å². The normalized spacial score (nSPS) is 9.87. The summed E-state index contributed by atoms with van der Waals surface area (Å²) < 4.78 is 0. The van der Waals surface area contributed by atoms with Crippen LogP contribution in [-0.2, 0) is 0 Å². The zero-order valence-electron chi connectivity index (χ0n) is 7.96. The molecule has 2 N–H and O–H groups in total. The van der Waals surface area contributed by atoms with E-state index < -0.39 is 0 Å². The van der Waals surface area contributed by atoms with Crippen molar-refractivity contribution < 1.29 is 10.2 Å². The summed E-state index contributed by atoms with van der Waals surface area (Å²) in [5.74, 6) is 0.196. The van der Waals surface area contributed by atoms with Crippen LogP contribution in [-0.4, -0.2) is 10.2 Å². The molecule has 0 saturated carbocycles. The Bertz CT molecular complexity index is 425. The first-order valence-electron chi connectivity index (χ1n) is 4.55. The van der Waals surface area contributed by atoms with Crippen molar-refractivity contribution in [1.82, 2.24) is 5.32 Å². The lowest BCUT2D eigenvalue weighted by Crippen LogP contribution is -1.89. The number of phenolic OH excluding ortho intramolecular Hbond substituents is 2. The first kappa shape index (κ1) is 9.40. The fraction of sp³-hybridized carbons (Fsp3) is 0. The van der Waals surface area contributed by atoms with Crippen molar-refractivity contribution in [1.29, 1.82) is 0 Å². The Labute approximate surface area is 87.6 Å². The van der Waals surface area contributed by atoms with Crippen LogP contribution < -0.4 is 5.32 Å². The first-order valence-corrected chi connectivity index (χ1v) is 4.55. The summed E-state index contributed by atoms with van der Waals surface area (Å²) in [7, 11) is 0. The van der Waals surface area contributed by atoms with Gasteiger partial charge >= 0.3 is 0 Å². The summed E-state index contributed by atoms with van der Waals surface area (Å²) in [5.41, 5.74) is 0.887. The van der Waals surface area contributed by atoms with Gasteiger partial charge in [0.05, 0.1) is 0 Å². The molecule has 0 aliphatic carbocycles. The number of hydrogen-bond donors (Lipinski definition) is 2. The van der Waals surface area contributed by atoms with E-state index in [1.807, 2.05) is 0 Å². The molecule has 0 unspecified atom stereocenters. The Morgan fingerprint density at radius 2 is 1.07 bits per heavy atom. The number of rotatable bonds is 2. The number of aromatic hydroxyl groups is 2. The highest BCUT2D eigenvalue weighted by Crippen LogP contribution is 2.30. The van der Waals surface area contributed by atoms with Gasteiger partial charge in [0.15, 0.2) is 0 Å². The Morgan fingerprint density at radius 3 is 1.47 bits per heavy atom. The van der Waals surface area contributed by atoms with Crippen molar-refractivity contribution in [3.05, 3.63) is 48.5 Å². The molecular weight excluding hydrogens is 190 g/mol. The SMILES string of the molecule is Oc1ccccc1[N]c1ccccc1O. The molecule has 0 atom stereocenters. The summed E-state index contributed by atoms with van der Waals surface area (Å²) in [6.07, 6.45) is 0. The van der Waals surface area contributed by atoms with Gasteiger partial charge in [0.25, 0.3) is 0 Å². The van der Waals surface area contributed by atoms with E-state index >= 15 is 0 Å². The monoisotopic (exact) mass is 200 g/mol. The van der Waals surface area contributed by atoms with Crippen LogP contribution in [0, 0.1) is 0 Å². The van der Waals surface area contributed by atoms with Gasteiger partial charge in [-0.25, -0.2) is 5.32 Å². The summed E-state index contributed by atoms with van der Waals surface area (Å²) in [5, 5.41) is 23.1. The van der Waals surface area contributed by atoms with Gasteiger partial charge in [0.1, 0.15) is 22.9 Å². The average Bonchev–Trinajstić information content (AvgIpc) is 2.24. The van der Waals surface area contributed by atoms with Crippen molar-refractivity contribution in [2.75, 3.05) is 0 Å². The zero-order valence-corrected chi connectivity index (χ0v) is 7.96. The number of benzene rings is 2. The van der Waals surface area contributed by atoms with Gasteiger partial charge in [-0.1, -0.05) is 24.3 Å². The van der Waals surface area contributed by atoms with Gasteiger partial charge in [-0.15, -0.1) is 0 Å². The fourth-order valence-corrected chi connectivity index (χ4v) is 1.25. The number of hydrogen-bond acceptors (Lipinski definition) is 2. The third-order valence-electron chi connectivity index (χ3n) is 2.00. The molecule has 2 rings (SSSR count). The van der Waals surface area contributed by atoms with Crippen LogP contribution in [0.2, 0.25) is 0 Å². The van der Waals surface area contributed by atoms with Crippen LogP contribution >= 0.6 is 0 Å². The molecule has 0 aliphatic heterocycles. The number of nitrogens with zero attached hydrogens (tertiary/aromatic N) is 1. The third kappa shape index (κ3) is 2.02. The van der Waals surface area contributed by atoms with Gasteiger partial charge in [-0.3, -0.25) is 0 Å². The lowest BCUT2D eigenvalue weighted by molar-refractivity contribution is 0.469. The van der Waals surface area contributed by atoms with E-state index in [-0.39, 0.29) is 11.5 Å². The topological polar surface area (TPSA) is 54.6 Å². The largest absolute Gasteiger partial charge is 0.506 e. The van der Waals surface area contributed by atoms with Crippen LogP contribution in [0.4, 0.5) is 11.4 Å². The molecule has 15 heavy (non-hydrogen) atoms. The fourth-order valence-electron chi connectivity index (χ4n) is 1.25. The second-order valence-corrected chi connectivity index (χ2v) is 3.09. The van der Waals surface area contributed by atoms with Crippen LogP contribution in [0.25, 0.3) is 0 Å². The van der Waals surface area contributed by atoms with Gasteiger partial charge in [0.2, 0.25) is 0 Å². The van der Waals surface area contributed by atoms with Gasteiger partial charge in [-0.05, 0) is 24.3 Å². The minimum absolute atomic E-state index is 0.0979. The molecule has 3 nitrogen and oxygen atoms in total. The predicted molar refractivity (Wildman–Crippen MR) is 57.7 cm³/mol. The molecule has 0 spiro atoms. The molecule has 0 aliphatic rings. The smallest absolute Gasteiger partial charge is 0.141 e. The lowest BCUT2D eigenvalue weighted by Gasteiger charge is -2.06. The lowest BCUT2D eigenvalue weighted by atomic mass is 10.2. The van der Waals surface area contributed by atoms with E-state index in [0.29, 0.717) is 11.4 Å². The molecular formula is C12H10NO2. The maximum absolute atomic E-state index is 9.49. The van der Waals surface area contributed by atoms with Crippen LogP contribution in [0.3, 0.4) is 0 Å². The Hall–Kier alpha value is -2.16. The van der Waals surface area contributed by atoms with E-state index in [1.54, 1.807) is 48.5 Å². The van der Waals surface area contributed by atoms with Crippen molar-refractivity contribution >= 4 is 11.4 Å². The van der Waals surface area contributed by atoms with E-state index in [0.717, 1.165) is 0 Å².